The van der Waals surface area contributed by atoms with Gasteiger partial charge >= 0.3 is 0 Å². The number of benzene rings is 3. The van der Waals surface area contributed by atoms with Crippen molar-refractivity contribution in [2.75, 3.05) is 24.9 Å². The quantitative estimate of drug-likeness (QED) is 0.472. The Bertz CT molecular complexity index is 1090. The summed E-state index contributed by atoms with van der Waals surface area (Å²) in [6.45, 7) is 0. The molecule has 0 aliphatic carbocycles. The van der Waals surface area contributed by atoms with Gasteiger partial charge in [-0.05, 0) is 54.0 Å². The zero-order valence-corrected chi connectivity index (χ0v) is 18.1. The van der Waals surface area contributed by atoms with Crippen molar-refractivity contribution in [3.05, 3.63) is 90.0 Å². The molecule has 0 fully saturated rings. The van der Waals surface area contributed by atoms with E-state index in [9.17, 15) is 9.59 Å². The third-order valence-corrected chi connectivity index (χ3v) is 4.73. The number of nitrogens with one attached hydrogen (secondary N) is 2. The molecular formula is C26H26N2O4. The van der Waals surface area contributed by atoms with Crippen molar-refractivity contribution < 1.29 is 19.1 Å². The Kier molecular flexibility index (Phi) is 8.03. The summed E-state index contributed by atoms with van der Waals surface area (Å²) in [6, 6.07) is 22.3. The highest BCUT2D eigenvalue weighted by Crippen LogP contribution is 2.28. The lowest BCUT2D eigenvalue weighted by atomic mass is 10.1. The largest absolute Gasteiger partial charge is 0.493 e. The van der Waals surface area contributed by atoms with E-state index >= 15 is 0 Å². The van der Waals surface area contributed by atoms with E-state index in [1.807, 2.05) is 36.4 Å². The molecule has 0 unspecified atom stereocenters. The molecule has 0 radical (unpaired) electrons. The topological polar surface area (TPSA) is 76.7 Å². The highest BCUT2D eigenvalue weighted by molar-refractivity contribution is 6.02. The molecule has 0 aliphatic heterocycles. The van der Waals surface area contributed by atoms with E-state index in [0.29, 0.717) is 35.7 Å². The molecule has 164 valence electrons. The van der Waals surface area contributed by atoms with Gasteiger partial charge in [0, 0.05) is 23.9 Å². The average Bonchev–Trinajstić information content (AvgIpc) is 2.82. The van der Waals surface area contributed by atoms with Crippen LogP contribution in [0.2, 0.25) is 0 Å². The van der Waals surface area contributed by atoms with Crippen molar-refractivity contribution in [2.45, 2.75) is 12.8 Å². The summed E-state index contributed by atoms with van der Waals surface area (Å²) >= 11 is 0. The van der Waals surface area contributed by atoms with Crippen molar-refractivity contribution in [1.82, 2.24) is 0 Å². The molecule has 0 heterocycles. The van der Waals surface area contributed by atoms with Crippen LogP contribution in [0.25, 0.3) is 6.08 Å². The second-order valence-electron chi connectivity index (χ2n) is 7.05. The van der Waals surface area contributed by atoms with Crippen LogP contribution >= 0.6 is 0 Å². The second-order valence-corrected chi connectivity index (χ2v) is 7.05. The average molecular weight is 431 g/mol. The number of anilines is 2. The molecule has 0 aromatic heterocycles. The Labute approximate surface area is 187 Å². The number of hydrogen-bond acceptors (Lipinski definition) is 4. The highest BCUT2D eigenvalue weighted by atomic mass is 16.5. The van der Waals surface area contributed by atoms with E-state index in [1.165, 1.54) is 6.08 Å². The van der Waals surface area contributed by atoms with Gasteiger partial charge in [0.25, 0.3) is 0 Å². The minimum Gasteiger partial charge on any atom is -0.493 e. The lowest BCUT2D eigenvalue weighted by Gasteiger charge is -2.08. The Morgan fingerprint density at radius 2 is 1.53 bits per heavy atom. The molecule has 0 saturated carbocycles. The Balaban J connectivity index is 1.55. The normalized spacial score (nSPS) is 10.6. The van der Waals surface area contributed by atoms with E-state index in [0.717, 1.165) is 11.1 Å². The van der Waals surface area contributed by atoms with Crippen LogP contribution in [0.15, 0.2) is 78.9 Å². The smallest absolute Gasteiger partial charge is 0.248 e. The standard InChI is InChI=1S/C26H26N2O4/c1-31-23-14-11-20(17-24(23)32-2)13-16-26(30)28-22-10-6-9-21(18-22)27-25(29)15-12-19-7-4-3-5-8-19/h3-11,13-14,16-18H,12,15H2,1-2H3,(H,27,29)(H,28,30)/b16-13+. The van der Waals surface area contributed by atoms with Crippen LogP contribution in [0.4, 0.5) is 11.4 Å². The molecule has 3 aromatic carbocycles. The van der Waals surface area contributed by atoms with E-state index < -0.39 is 0 Å². The van der Waals surface area contributed by atoms with E-state index in [-0.39, 0.29) is 11.8 Å². The summed E-state index contributed by atoms with van der Waals surface area (Å²) < 4.78 is 10.5. The number of carbonyl (C=O) groups excluding carboxylic acids is 2. The van der Waals surface area contributed by atoms with Gasteiger partial charge in [0.2, 0.25) is 11.8 Å². The van der Waals surface area contributed by atoms with Gasteiger partial charge in [-0.3, -0.25) is 9.59 Å². The van der Waals surface area contributed by atoms with Gasteiger partial charge in [-0.25, -0.2) is 0 Å². The second kappa shape index (κ2) is 11.4. The summed E-state index contributed by atoms with van der Waals surface area (Å²) in [5.41, 5.74) is 3.14. The van der Waals surface area contributed by atoms with Crippen LogP contribution in [0.1, 0.15) is 17.5 Å². The molecule has 0 saturated heterocycles. The fourth-order valence-corrected chi connectivity index (χ4v) is 3.11. The van der Waals surface area contributed by atoms with E-state index in [1.54, 1.807) is 56.7 Å². The molecule has 2 amide bonds. The predicted molar refractivity (Wildman–Crippen MR) is 127 cm³/mol. The summed E-state index contributed by atoms with van der Waals surface area (Å²) in [7, 11) is 3.13. The van der Waals surface area contributed by atoms with Gasteiger partial charge in [0.05, 0.1) is 14.2 Å². The van der Waals surface area contributed by atoms with Gasteiger partial charge in [0.1, 0.15) is 0 Å². The molecule has 0 aliphatic rings. The maximum atomic E-state index is 12.3. The first kappa shape index (κ1) is 22.6. The van der Waals surface area contributed by atoms with Crippen LogP contribution in [-0.2, 0) is 16.0 Å². The monoisotopic (exact) mass is 430 g/mol. The van der Waals surface area contributed by atoms with Crippen LogP contribution in [0.3, 0.4) is 0 Å². The number of carbonyl (C=O) groups is 2. The van der Waals surface area contributed by atoms with Gasteiger partial charge in [-0.1, -0.05) is 42.5 Å². The van der Waals surface area contributed by atoms with Gasteiger partial charge < -0.3 is 20.1 Å². The Hall–Kier alpha value is -4.06. The number of aryl methyl sites for hydroxylation is 1. The van der Waals surface area contributed by atoms with E-state index in [4.69, 9.17) is 9.47 Å². The SMILES string of the molecule is COc1ccc(/C=C/C(=O)Nc2cccc(NC(=O)CCc3ccccc3)c2)cc1OC. The molecule has 3 aromatic rings. The van der Waals surface area contributed by atoms with Gasteiger partial charge in [-0.15, -0.1) is 0 Å². The predicted octanol–water partition coefficient (Wildman–Crippen LogP) is 4.93. The molecular weight excluding hydrogens is 404 g/mol. The first-order valence-corrected chi connectivity index (χ1v) is 10.2. The maximum absolute atomic E-state index is 12.3. The van der Waals surface area contributed by atoms with Crippen molar-refractivity contribution in [3.63, 3.8) is 0 Å². The third kappa shape index (κ3) is 6.74. The fourth-order valence-electron chi connectivity index (χ4n) is 3.11. The number of ether oxygens (including phenoxy) is 2. The van der Waals surface area contributed by atoms with Crippen molar-refractivity contribution >= 4 is 29.3 Å². The summed E-state index contributed by atoms with van der Waals surface area (Å²) in [5.74, 6) is 0.848. The molecule has 3 rings (SSSR count). The fraction of sp³-hybridized carbons (Fsp3) is 0.154. The van der Waals surface area contributed by atoms with Crippen LogP contribution < -0.4 is 20.1 Å². The lowest BCUT2D eigenvalue weighted by Crippen LogP contribution is -2.13. The molecule has 6 nitrogen and oxygen atoms in total. The number of methoxy groups -OCH3 is 2. The van der Waals surface area contributed by atoms with Crippen LogP contribution in [-0.4, -0.2) is 26.0 Å². The summed E-state index contributed by atoms with van der Waals surface area (Å²) in [6.07, 6.45) is 4.18. The summed E-state index contributed by atoms with van der Waals surface area (Å²) in [5, 5.41) is 5.67. The maximum Gasteiger partial charge on any atom is 0.248 e. The molecule has 0 bridgehead atoms. The minimum absolute atomic E-state index is 0.0781. The first-order chi connectivity index (χ1) is 15.6. The first-order valence-electron chi connectivity index (χ1n) is 10.2. The van der Waals surface area contributed by atoms with Crippen molar-refractivity contribution in [1.29, 1.82) is 0 Å². The minimum atomic E-state index is -0.285. The zero-order chi connectivity index (χ0) is 22.8. The van der Waals surface area contributed by atoms with Gasteiger partial charge in [-0.2, -0.15) is 0 Å². The van der Waals surface area contributed by atoms with Crippen LogP contribution in [0.5, 0.6) is 11.5 Å². The molecule has 0 spiro atoms. The van der Waals surface area contributed by atoms with Crippen molar-refractivity contribution in [3.8, 4) is 11.5 Å². The third-order valence-electron chi connectivity index (χ3n) is 4.73. The zero-order valence-electron chi connectivity index (χ0n) is 18.1. The lowest BCUT2D eigenvalue weighted by molar-refractivity contribution is -0.116. The number of amides is 2. The Morgan fingerprint density at radius 1 is 0.812 bits per heavy atom. The number of hydrogen-bond donors (Lipinski definition) is 2. The highest BCUT2D eigenvalue weighted by Gasteiger charge is 2.06. The Morgan fingerprint density at radius 3 is 2.25 bits per heavy atom. The van der Waals surface area contributed by atoms with Crippen molar-refractivity contribution in [2.24, 2.45) is 0 Å². The molecule has 0 atom stereocenters. The van der Waals surface area contributed by atoms with E-state index in [2.05, 4.69) is 10.6 Å². The van der Waals surface area contributed by atoms with Gasteiger partial charge in [0.15, 0.2) is 11.5 Å². The number of rotatable bonds is 9. The molecule has 6 heteroatoms. The van der Waals surface area contributed by atoms with Crippen LogP contribution in [0, 0.1) is 0 Å². The molecule has 2 N–H and O–H groups in total. The molecule has 32 heavy (non-hydrogen) atoms. The summed E-state index contributed by atoms with van der Waals surface area (Å²) in [4.78, 5) is 24.6.